The normalized spacial score (nSPS) is 12.9. The molecule has 0 spiro atoms. The third-order valence-electron chi connectivity index (χ3n) is 9.60. The molecule has 7 aromatic carbocycles. The zero-order valence-corrected chi connectivity index (χ0v) is 26.5. The van der Waals surface area contributed by atoms with Gasteiger partial charge in [-0.15, -0.1) is 0 Å². The van der Waals surface area contributed by atoms with E-state index in [9.17, 15) is 0 Å². The van der Waals surface area contributed by atoms with Gasteiger partial charge in [-0.05, 0) is 114 Å². The van der Waals surface area contributed by atoms with E-state index in [4.69, 9.17) is 4.99 Å². The molecule has 9 rings (SSSR count). The summed E-state index contributed by atoms with van der Waals surface area (Å²) in [5.41, 5.74) is 11.6. The van der Waals surface area contributed by atoms with Gasteiger partial charge in [0.1, 0.15) is 0 Å². The molecule has 1 aromatic heterocycles. The van der Waals surface area contributed by atoms with Crippen molar-refractivity contribution in [3.8, 4) is 44.5 Å². The number of aromatic nitrogens is 1. The van der Waals surface area contributed by atoms with Crippen LogP contribution in [0, 0.1) is 0 Å². The van der Waals surface area contributed by atoms with Gasteiger partial charge in [0.05, 0.1) is 5.70 Å². The number of hydrogen-bond donors (Lipinski definition) is 0. The van der Waals surface area contributed by atoms with E-state index in [0.29, 0.717) is 0 Å². The minimum atomic E-state index is 0.990. The molecule has 2 heterocycles. The maximum atomic E-state index is 4.76. The largest absolute Gasteiger partial charge is 0.264 e. The Labute approximate surface area is 280 Å². The molecule has 0 unspecified atom stereocenters. The first-order valence-corrected chi connectivity index (χ1v) is 16.6. The lowest BCUT2D eigenvalue weighted by Crippen LogP contribution is -1.93. The summed E-state index contributed by atoms with van der Waals surface area (Å²) >= 11 is 0. The van der Waals surface area contributed by atoms with Crippen molar-refractivity contribution in [2.45, 2.75) is 12.8 Å². The minimum absolute atomic E-state index is 0.990. The standard InChI is InChI=1S/C46H32N2/c1-2-12-39(36-26-35(34-10-9-24-47-30-34)27-37(28-36)46-17-7-8-25-48-46)38(11-1)32-20-18-31(19-21-32)33-22-23-44-42-15-4-3-13-40(42)41-14-5-6-16-43(41)45(44)29-33/h1-6,9-30H,7-8H2. The van der Waals surface area contributed by atoms with Gasteiger partial charge in [0, 0.05) is 29.7 Å². The molecule has 2 heteroatoms. The number of allylic oxidation sites excluding steroid dienone is 1. The fraction of sp³-hybridized carbons (Fsp3) is 0.0435. The number of fused-ring (bicyclic) bond motifs is 6. The Morgan fingerprint density at radius 2 is 0.958 bits per heavy atom. The summed E-state index contributed by atoms with van der Waals surface area (Å²) < 4.78 is 0. The first kappa shape index (κ1) is 28.1. The predicted molar refractivity (Wildman–Crippen MR) is 204 cm³/mol. The maximum absolute atomic E-state index is 4.76. The molecule has 0 amide bonds. The second-order valence-corrected chi connectivity index (χ2v) is 12.5. The van der Waals surface area contributed by atoms with Gasteiger partial charge in [0.2, 0.25) is 0 Å². The Balaban J connectivity index is 1.13. The fourth-order valence-corrected chi connectivity index (χ4v) is 7.25. The second kappa shape index (κ2) is 11.9. The van der Waals surface area contributed by atoms with Crippen molar-refractivity contribution >= 4 is 44.2 Å². The summed E-state index contributed by atoms with van der Waals surface area (Å²) in [4.78, 5) is 9.16. The summed E-state index contributed by atoms with van der Waals surface area (Å²) in [5.74, 6) is 0. The summed E-state index contributed by atoms with van der Waals surface area (Å²) in [7, 11) is 0. The van der Waals surface area contributed by atoms with E-state index in [1.165, 1.54) is 65.7 Å². The molecule has 2 nitrogen and oxygen atoms in total. The Kier molecular flexibility index (Phi) is 6.98. The van der Waals surface area contributed by atoms with E-state index in [0.717, 1.165) is 35.2 Å². The highest BCUT2D eigenvalue weighted by molar-refractivity contribution is 6.25. The maximum Gasteiger partial charge on any atom is 0.0658 e. The van der Waals surface area contributed by atoms with Gasteiger partial charge < -0.3 is 0 Å². The smallest absolute Gasteiger partial charge is 0.0658 e. The molecular formula is C46H32N2. The topological polar surface area (TPSA) is 25.2 Å². The average Bonchev–Trinajstić information content (AvgIpc) is 3.18. The molecular weight excluding hydrogens is 581 g/mol. The average molecular weight is 613 g/mol. The van der Waals surface area contributed by atoms with Crippen LogP contribution in [0.2, 0.25) is 0 Å². The number of pyridine rings is 1. The number of nitrogens with zero attached hydrogens (tertiary/aromatic N) is 2. The molecule has 226 valence electrons. The number of hydrogen-bond acceptors (Lipinski definition) is 2. The Bertz CT molecular complexity index is 2500. The highest BCUT2D eigenvalue weighted by atomic mass is 14.7. The molecule has 0 bridgehead atoms. The predicted octanol–water partition coefficient (Wildman–Crippen LogP) is 12.4. The highest BCUT2D eigenvalue weighted by Crippen LogP contribution is 2.39. The van der Waals surface area contributed by atoms with Gasteiger partial charge in [0.15, 0.2) is 0 Å². The van der Waals surface area contributed by atoms with E-state index in [1.54, 1.807) is 0 Å². The van der Waals surface area contributed by atoms with Crippen LogP contribution in [0.25, 0.3) is 82.5 Å². The lowest BCUT2D eigenvalue weighted by Gasteiger charge is -2.16. The van der Waals surface area contributed by atoms with Crippen LogP contribution < -0.4 is 0 Å². The molecule has 0 aliphatic carbocycles. The van der Waals surface area contributed by atoms with Crippen molar-refractivity contribution < 1.29 is 0 Å². The highest BCUT2D eigenvalue weighted by Gasteiger charge is 2.14. The number of rotatable bonds is 5. The summed E-state index contributed by atoms with van der Waals surface area (Å²) in [5, 5.41) is 7.77. The molecule has 1 aliphatic rings. The third kappa shape index (κ3) is 4.99. The monoisotopic (exact) mass is 612 g/mol. The third-order valence-corrected chi connectivity index (χ3v) is 9.60. The molecule has 8 aromatic rings. The van der Waals surface area contributed by atoms with Crippen molar-refractivity contribution in [1.82, 2.24) is 4.98 Å². The van der Waals surface area contributed by atoms with Crippen molar-refractivity contribution in [1.29, 1.82) is 0 Å². The van der Waals surface area contributed by atoms with E-state index in [2.05, 4.69) is 151 Å². The molecule has 0 radical (unpaired) electrons. The molecule has 0 atom stereocenters. The van der Waals surface area contributed by atoms with Gasteiger partial charge >= 0.3 is 0 Å². The van der Waals surface area contributed by atoms with E-state index >= 15 is 0 Å². The lowest BCUT2D eigenvalue weighted by atomic mass is 9.89. The van der Waals surface area contributed by atoms with Gasteiger partial charge in [-0.3, -0.25) is 9.98 Å². The van der Waals surface area contributed by atoms with Crippen LogP contribution in [0.4, 0.5) is 0 Å². The van der Waals surface area contributed by atoms with Crippen LogP contribution in [0.15, 0.2) is 169 Å². The van der Waals surface area contributed by atoms with Crippen molar-refractivity contribution in [3.63, 3.8) is 0 Å². The van der Waals surface area contributed by atoms with Crippen LogP contribution in [-0.2, 0) is 0 Å². The number of aliphatic imine (C=N–C) groups is 1. The SMILES string of the molecule is C1=NC(c2cc(-c3cccnc3)cc(-c3ccccc3-c3ccc(-c4ccc5c6ccccc6c6ccccc6c5c4)cc3)c2)=CCC1. The summed E-state index contributed by atoms with van der Waals surface area (Å²) in [6.07, 6.45) is 10.0. The van der Waals surface area contributed by atoms with Gasteiger partial charge in [-0.25, -0.2) is 0 Å². The van der Waals surface area contributed by atoms with Crippen molar-refractivity contribution in [3.05, 3.63) is 170 Å². The molecule has 0 saturated carbocycles. The van der Waals surface area contributed by atoms with Crippen molar-refractivity contribution in [2.24, 2.45) is 4.99 Å². The molecule has 0 saturated heterocycles. The van der Waals surface area contributed by atoms with Crippen LogP contribution in [0.3, 0.4) is 0 Å². The van der Waals surface area contributed by atoms with E-state index < -0.39 is 0 Å². The van der Waals surface area contributed by atoms with Gasteiger partial charge in [-0.1, -0.05) is 121 Å². The van der Waals surface area contributed by atoms with Crippen molar-refractivity contribution in [2.75, 3.05) is 0 Å². The number of benzene rings is 7. The molecule has 48 heavy (non-hydrogen) atoms. The second-order valence-electron chi connectivity index (χ2n) is 12.5. The first-order chi connectivity index (χ1) is 23.8. The van der Waals surface area contributed by atoms with Crippen LogP contribution in [0.1, 0.15) is 18.4 Å². The van der Waals surface area contributed by atoms with Crippen LogP contribution >= 0.6 is 0 Å². The molecule has 0 fully saturated rings. The molecule has 0 N–H and O–H groups in total. The van der Waals surface area contributed by atoms with E-state index in [1.807, 2.05) is 24.7 Å². The van der Waals surface area contributed by atoms with Gasteiger partial charge in [0.25, 0.3) is 0 Å². The summed E-state index contributed by atoms with van der Waals surface area (Å²) in [6.45, 7) is 0. The fourth-order valence-electron chi connectivity index (χ4n) is 7.25. The molecule has 1 aliphatic heterocycles. The zero-order chi connectivity index (χ0) is 31.9. The van der Waals surface area contributed by atoms with E-state index in [-0.39, 0.29) is 0 Å². The minimum Gasteiger partial charge on any atom is -0.264 e. The summed E-state index contributed by atoms with van der Waals surface area (Å²) in [6, 6.07) is 53.1. The van der Waals surface area contributed by atoms with Crippen LogP contribution in [0.5, 0.6) is 0 Å². The first-order valence-electron chi connectivity index (χ1n) is 16.6. The quantitative estimate of drug-likeness (QED) is 0.178. The Morgan fingerprint density at radius 1 is 0.375 bits per heavy atom. The Morgan fingerprint density at radius 3 is 1.62 bits per heavy atom. The van der Waals surface area contributed by atoms with Crippen LogP contribution in [-0.4, -0.2) is 11.2 Å². The van der Waals surface area contributed by atoms with Gasteiger partial charge in [-0.2, -0.15) is 0 Å². The zero-order valence-electron chi connectivity index (χ0n) is 26.5. The lowest BCUT2D eigenvalue weighted by molar-refractivity contribution is 1.09. The Hall–Kier alpha value is -6.12.